The van der Waals surface area contributed by atoms with Gasteiger partial charge in [0.15, 0.2) is 11.5 Å². The van der Waals surface area contributed by atoms with E-state index in [1.165, 1.54) is 0 Å². The van der Waals surface area contributed by atoms with Crippen LogP contribution in [0.3, 0.4) is 0 Å². The SMILES string of the molecule is COc1ccc2nnc(CCCC(=O)N3C[C@H]4C[C@@H](C3)[C@H]3CCCC(=O)N3C4)n2n1. The van der Waals surface area contributed by atoms with Crippen molar-refractivity contribution in [2.75, 3.05) is 26.7 Å². The fraction of sp³-hybridized carbons (Fsp3) is 0.667. The van der Waals surface area contributed by atoms with Crippen molar-refractivity contribution in [3.8, 4) is 5.88 Å². The largest absolute Gasteiger partial charge is 0.480 e. The molecular weight excluding hydrogens is 384 g/mol. The molecule has 9 nitrogen and oxygen atoms in total. The molecular formula is C21H28N6O3. The third kappa shape index (κ3) is 3.50. The summed E-state index contributed by atoms with van der Waals surface area (Å²) in [6, 6.07) is 3.91. The zero-order valence-corrected chi connectivity index (χ0v) is 17.4. The molecule has 2 amide bonds. The molecule has 3 fully saturated rings. The van der Waals surface area contributed by atoms with Crippen LogP contribution in [0.1, 0.15) is 44.3 Å². The number of carbonyl (C=O) groups excluding carboxylic acids is 2. The molecule has 5 heterocycles. The lowest BCUT2D eigenvalue weighted by molar-refractivity contribution is -0.148. The van der Waals surface area contributed by atoms with Gasteiger partial charge >= 0.3 is 0 Å². The number of amides is 2. The summed E-state index contributed by atoms with van der Waals surface area (Å²) in [4.78, 5) is 29.3. The van der Waals surface area contributed by atoms with Gasteiger partial charge in [-0.1, -0.05) is 0 Å². The molecule has 0 aliphatic carbocycles. The van der Waals surface area contributed by atoms with Crippen LogP contribution in [-0.4, -0.2) is 74.2 Å². The Labute approximate surface area is 175 Å². The quantitative estimate of drug-likeness (QED) is 0.735. The highest BCUT2D eigenvalue weighted by molar-refractivity contribution is 5.78. The maximum Gasteiger partial charge on any atom is 0.231 e. The molecule has 30 heavy (non-hydrogen) atoms. The first-order valence-corrected chi connectivity index (χ1v) is 10.9. The van der Waals surface area contributed by atoms with E-state index in [1.807, 2.05) is 11.0 Å². The van der Waals surface area contributed by atoms with Crippen LogP contribution in [0.15, 0.2) is 12.1 Å². The summed E-state index contributed by atoms with van der Waals surface area (Å²) in [5, 5.41) is 12.7. The molecule has 0 unspecified atom stereocenters. The minimum atomic E-state index is 0.208. The van der Waals surface area contributed by atoms with Gasteiger partial charge in [-0.05, 0) is 43.6 Å². The average molecular weight is 412 g/mol. The molecule has 3 aliphatic heterocycles. The molecule has 0 radical (unpaired) electrons. The first-order chi connectivity index (χ1) is 14.6. The second kappa shape index (κ2) is 7.85. The monoisotopic (exact) mass is 412 g/mol. The highest BCUT2D eigenvalue weighted by atomic mass is 16.5. The van der Waals surface area contributed by atoms with Crippen LogP contribution in [0.4, 0.5) is 0 Å². The summed E-state index contributed by atoms with van der Waals surface area (Å²) in [6.45, 7) is 2.39. The van der Waals surface area contributed by atoms with E-state index in [0.29, 0.717) is 61.0 Å². The summed E-state index contributed by atoms with van der Waals surface area (Å²) in [6.07, 6.45) is 5.75. The van der Waals surface area contributed by atoms with E-state index < -0.39 is 0 Å². The number of hydrogen-bond acceptors (Lipinski definition) is 6. The first-order valence-electron chi connectivity index (χ1n) is 10.9. The Morgan fingerprint density at radius 1 is 1.23 bits per heavy atom. The number of ether oxygens (including phenoxy) is 1. The predicted octanol–water partition coefficient (Wildman–Crippen LogP) is 1.31. The lowest BCUT2D eigenvalue weighted by Gasteiger charge is -2.52. The van der Waals surface area contributed by atoms with E-state index in [-0.39, 0.29) is 5.91 Å². The number of methoxy groups -OCH3 is 1. The van der Waals surface area contributed by atoms with Crippen molar-refractivity contribution in [3.05, 3.63) is 18.0 Å². The molecule has 2 aromatic rings. The lowest BCUT2D eigenvalue weighted by atomic mass is 9.76. The number of hydrogen-bond donors (Lipinski definition) is 0. The van der Waals surface area contributed by atoms with E-state index in [9.17, 15) is 9.59 Å². The van der Waals surface area contributed by atoms with Crippen molar-refractivity contribution in [2.24, 2.45) is 11.8 Å². The van der Waals surface area contributed by atoms with Gasteiger partial charge in [-0.15, -0.1) is 15.3 Å². The smallest absolute Gasteiger partial charge is 0.231 e. The zero-order valence-electron chi connectivity index (χ0n) is 17.4. The molecule has 3 aliphatic rings. The fourth-order valence-corrected chi connectivity index (χ4v) is 5.45. The number of likely N-dealkylation sites (tertiary alicyclic amines) is 1. The minimum Gasteiger partial charge on any atom is -0.480 e. The zero-order chi connectivity index (χ0) is 20.7. The molecule has 3 atom stereocenters. The van der Waals surface area contributed by atoms with Gasteiger partial charge in [0.05, 0.1) is 7.11 Å². The Hall–Kier alpha value is -2.71. The van der Waals surface area contributed by atoms with Crippen molar-refractivity contribution in [1.29, 1.82) is 0 Å². The van der Waals surface area contributed by atoms with Crippen molar-refractivity contribution in [1.82, 2.24) is 29.6 Å². The molecule has 160 valence electrons. The van der Waals surface area contributed by atoms with Gasteiger partial charge < -0.3 is 14.5 Å². The molecule has 0 saturated carbocycles. The molecule has 3 saturated heterocycles. The first kappa shape index (κ1) is 19.3. The molecule has 0 N–H and O–H groups in total. The Kier molecular flexibility index (Phi) is 5.04. The fourth-order valence-electron chi connectivity index (χ4n) is 5.45. The number of piperidine rings is 3. The second-order valence-electron chi connectivity index (χ2n) is 8.78. The van der Waals surface area contributed by atoms with E-state index in [0.717, 1.165) is 44.7 Å². The van der Waals surface area contributed by atoms with Crippen molar-refractivity contribution in [2.45, 2.75) is 51.0 Å². The topological polar surface area (TPSA) is 92.9 Å². The van der Waals surface area contributed by atoms with Gasteiger partial charge in [-0.2, -0.15) is 4.52 Å². The van der Waals surface area contributed by atoms with Crippen molar-refractivity contribution in [3.63, 3.8) is 0 Å². The van der Waals surface area contributed by atoms with Crippen LogP contribution in [0.5, 0.6) is 5.88 Å². The average Bonchev–Trinajstić information content (AvgIpc) is 3.16. The highest BCUT2D eigenvalue weighted by Gasteiger charge is 2.44. The van der Waals surface area contributed by atoms with Crippen LogP contribution in [0.2, 0.25) is 0 Å². The number of nitrogens with zero attached hydrogens (tertiary/aromatic N) is 6. The standard InChI is InChI=1S/C21H28N6O3/c1-30-19-9-8-18-23-22-17(27(18)24-19)5-3-6-20(28)25-11-14-10-15(13-25)16-4-2-7-21(29)26(16)12-14/h8-9,14-16H,2-7,10-13H2,1H3/t14-,15+,16-/m1/s1. The minimum absolute atomic E-state index is 0.208. The molecule has 2 aromatic heterocycles. The Balaban J connectivity index is 1.18. The van der Waals surface area contributed by atoms with Crippen molar-refractivity contribution >= 4 is 17.5 Å². The van der Waals surface area contributed by atoms with Crippen LogP contribution in [-0.2, 0) is 16.0 Å². The van der Waals surface area contributed by atoms with E-state index in [4.69, 9.17) is 4.74 Å². The van der Waals surface area contributed by atoms with Crippen LogP contribution < -0.4 is 4.74 Å². The number of fused-ring (bicyclic) bond motifs is 5. The molecule has 0 aromatic carbocycles. The summed E-state index contributed by atoms with van der Waals surface area (Å²) < 4.78 is 6.86. The third-order valence-corrected chi connectivity index (χ3v) is 6.84. The molecule has 0 spiro atoms. The van der Waals surface area contributed by atoms with E-state index >= 15 is 0 Å². The summed E-state index contributed by atoms with van der Waals surface area (Å²) in [7, 11) is 1.58. The van der Waals surface area contributed by atoms with Crippen LogP contribution in [0.25, 0.3) is 5.65 Å². The highest BCUT2D eigenvalue weighted by Crippen LogP contribution is 2.38. The van der Waals surface area contributed by atoms with Gasteiger partial charge in [-0.25, -0.2) is 0 Å². The van der Waals surface area contributed by atoms with Crippen molar-refractivity contribution < 1.29 is 14.3 Å². The third-order valence-electron chi connectivity index (χ3n) is 6.84. The van der Waals surface area contributed by atoms with Gasteiger partial charge in [0.2, 0.25) is 17.7 Å². The second-order valence-corrected chi connectivity index (χ2v) is 8.78. The number of carbonyl (C=O) groups is 2. The van der Waals surface area contributed by atoms with Gasteiger partial charge in [0, 0.05) is 51.0 Å². The van der Waals surface area contributed by atoms with Crippen LogP contribution in [0, 0.1) is 11.8 Å². The Bertz CT molecular complexity index is 959. The molecule has 5 rings (SSSR count). The Morgan fingerprint density at radius 3 is 3.00 bits per heavy atom. The van der Waals surface area contributed by atoms with Gasteiger partial charge in [-0.3, -0.25) is 9.59 Å². The van der Waals surface area contributed by atoms with Gasteiger partial charge in [0.25, 0.3) is 0 Å². The summed E-state index contributed by atoms with van der Waals surface area (Å²) in [5.41, 5.74) is 0.674. The summed E-state index contributed by atoms with van der Waals surface area (Å²) in [5.74, 6) is 2.62. The number of rotatable bonds is 5. The normalized spacial score (nSPS) is 26.0. The maximum absolute atomic E-state index is 12.9. The number of aryl methyl sites for hydroxylation is 1. The maximum atomic E-state index is 12.9. The summed E-state index contributed by atoms with van der Waals surface area (Å²) >= 11 is 0. The van der Waals surface area contributed by atoms with E-state index in [1.54, 1.807) is 17.7 Å². The lowest BCUT2D eigenvalue weighted by Crippen LogP contribution is -2.61. The predicted molar refractivity (Wildman–Crippen MR) is 108 cm³/mol. The van der Waals surface area contributed by atoms with E-state index in [2.05, 4.69) is 20.2 Å². The van der Waals surface area contributed by atoms with Gasteiger partial charge in [0.1, 0.15) is 0 Å². The Morgan fingerprint density at radius 2 is 2.13 bits per heavy atom. The molecule has 9 heteroatoms. The van der Waals surface area contributed by atoms with Crippen LogP contribution >= 0.6 is 0 Å². The number of aromatic nitrogens is 4. The molecule has 2 bridgehead atoms.